The number of nitrogens with zero attached hydrogens (tertiary/aromatic N) is 6. The third kappa shape index (κ3) is 4.13. The Labute approximate surface area is 206 Å². The molecule has 1 saturated carbocycles. The summed E-state index contributed by atoms with van der Waals surface area (Å²) < 4.78 is 22.5. The number of carboxylic acid groups (broad SMARTS) is 1. The molecule has 188 valence electrons. The monoisotopic (exact) mass is 494 g/mol. The van der Waals surface area contributed by atoms with E-state index in [1.165, 1.54) is 12.3 Å². The Kier molecular flexibility index (Phi) is 5.71. The lowest BCUT2D eigenvalue weighted by atomic mass is 10.1. The molecule has 11 heteroatoms. The number of aromatic nitrogens is 3. The summed E-state index contributed by atoms with van der Waals surface area (Å²) in [6, 6.07) is 4.93. The molecular weight excluding hydrogens is 467 g/mol. The van der Waals surface area contributed by atoms with E-state index in [1.807, 2.05) is 15.5 Å². The van der Waals surface area contributed by atoms with E-state index < -0.39 is 17.2 Å². The van der Waals surface area contributed by atoms with Gasteiger partial charge >= 0.3 is 5.97 Å². The van der Waals surface area contributed by atoms with Crippen molar-refractivity contribution in [3.05, 3.63) is 52.2 Å². The van der Waals surface area contributed by atoms with Gasteiger partial charge in [-0.2, -0.15) is 4.98 Å². The number of aromatic carboxylic acids is 1. The summed E-state index contributed by atoms with van der Waals surface area (Å²) in [5.41, 5.74) is 0.0197. The number of morpholine rings is 1. The van der Waals surface area contributed by atoms with E-state index in [4.69, 9.17) is 9.72 Å². The van der Waals surface area contributed by atoms with E-state index in [-0.39, 0.29) is 17.0 Å². The zero-order valence-corrected chi connectivity index (χ0v) is 19.8. The average molecular weight is 495 g/mol. The largest absolute Gasteiger partial charge is 0.477 e. The topological polar surface area (TPSA) is 104 Å². The zero-order valence-electron chi connectivity index (χ0n) is 19.8. The number of carbonyl (C=O) groups is 1. The highest BCUT2D eigenvalue weighted by molar-refractivity contribution is 5.93. The lowest BCUT2D eigenvalue weighted by molar-refractivity contribution is 0.0695. The van der Waals surface area contributed by atoms with Crippen LogP contribution in [0.15, 0.2) is 35.4 Å². The number of piperazine rings is 1. The van der Waals surface area contributed by atoms with Crippen molar-refractivity contribution in [2.45, 2.75) is 18.9 Å². The number of carboxylic acids is 1. The van der Waals surface area contributed by atoms with Crippen LogP contribution in [0.4, 0.5) is 21.8 Å². The average Bonchev–Trinajstić information content (AvgIpc) is 3.75. The van der Waals surface area contributed by atoms with Gasteiger partial charge in [-0.15, -0.1) is 0 Å². The van der Waals surface area contributed by atoms with E-state index in [1.54, 1.807) is 12.3 Å². The lowest BCUT2D eigenvalue weighted by Gasteiger charge is -2.36. The lowest BCUT2D eigenvalue weighted by Crippen LogP contribution is -2.47. The number of ether oxygens (including phenoxy) is 1. The van der Waals surface area contributed by atoms with Gasteiger partial charge in [0.2, 0.25) is 11.4 Å². The van der Waals surface area contributed by atoms with Gasteiger partial charge in [-0.3, -0.25) is 4.79 Å². The van der Waals surface area contributed by atoms with Crippen molar-refractivity contribution in [2.75, 3.05) is 67.2 Å². The molecule has 4 heterocycles. The molecule has 6 rings (SSSR count). The highest BCUT2D eigenvalue weighted by atomic mass is 19.1. The molecule has 3 fully saturated rings. The third-order valence-corrected chi connectivity index (χ3v) is 7.14. The first kappa shape index (κ1) is 22.7. The number of hydrogen-bond donors (Lipinski definition) is 1. The first-order valence-corrected chi connectivity index (χ1v) is 12.3. The quantitative estimate of drug-likeness (QED) is 0.571. The van der Waals surface area contributed by atoms with Gasteiger partial charge in [0.15, 0.2) is 0 Å². The molecule has 2 saturated heterocycles. The first-order valence-electron chi connectivity index (χ1n) is 12.3. The van der Waals surface area contributed by atoms with Gasteiger partial charge in [-0.05, 0) is 31.0 Å². The highest BCUT2D eigenvalue weighted by Gasteiger charge is 2.29. The van der Waals surface area contributed by atoms with E-state index in [0.29, 0.717) is 56.5 Å². The summed E-state index contributed by atoms with van der Waals surface area (Å²) in [6.07, 6.45) is 4.99. The summed E-state index contributed by atoms with van der Waals surface area (Å²) in [5.74, 6) is -0.285. The van der Waals surface area contributed by atoms with Crippen LogP contribution < -0.4 is 20.1 Å². The van der Waals surface area contributed by atoms with Crippen molar-refractivity contribution in [3.63, 3.8) is 0 Å². The number of benzene rings is 1. The standard InChI is InChI=1S/C25H27FN6O4/c26-19-13-17-20(32(16-1-2-16)15-18(23(17)33)24(34)35)14-21(19)29-5-7-31(8-6-29)25-27-4-3-22(28-25)30-9-11-36-12-10-30/h3-4,13-16H,1-2,5-12H2,(H,34,35). The Balaban J connectivity index is 1.25. The maximum Gasteiger partial charge on any atom is 0.341 e. The molecule has 0 atom stereocenters. The van der Waals surface area contributed by atoms with Gasteiger partial charge < -0.3 is 29.1 Å². The van der Waals surface area contributed by atoms with E-state index in [9.17, 15) is 14.7 Å². The van der Waals surface area contributed by atoms with Crippen LogP contribution in [-0.2, 0) is 4.74 Å². The molecule has 0 bridgehead atoms. The van der Waals surface area contributed by atoms with Gasteiger partial charge in [0.25, 0.3) is 0 Å². The van der Waals surface area contributed by atoms with E-state index in [0.717, 1.165) is 31.7 Å². The number of anilines is 3. The van der Waals surface area contributed by atoms with Crippen LogP contribution >= 0.6 is 0 Å². The number of halogens is 1. The predicted molar refractivity (Wildman–Crippen MR) is 133 cm³/mol. The Hall–Kier alpha value is -3.73. The third-order valence-electron chi connectivity index (χ3n) is 7.14. The second-order valence-corrected chi connectivity index (χ2v) is 9.42. The van der Waals surface area contributed by atoms with Crippen LogP contribution in [0.5, 0.6) is 0 Å². The Morgan fingerprint density at radius 3 is 2.44 bits per heavy atom. The molecule has 0 amide bonds. The van der Waals surface area contributed by atoms with Crippen molar-refractivity contribution in [2.24, 2.45) is 0 Å². The van der Waals surface area contributed by atoms with Crippen molar-refractivity contribution >= 4 is 34.3 Å². The number of rotatable bonds is 5. The van der Waals surface area contributed by atoms with Crippen molar-refractivity contribution < 1.29 is 19.0 Å². The SMILES string of the molecule is O=C(O)c1cn(C2CC2)c2cc(N3CCN(c4nccc(N5CCOCC5)n4)CC3)c(F)cc2c1=O. The molecule has 36 heavy (non-hydrogen) atoms. The number of fused-ring (bicyclic) bond motifs is 1. The van der Waals surface area contributed by atoms with Crippen LogP contribution in [0, 0.1) is 5.82 Å². The van der Waals surface area contributed by atoms with Crippen LogP contribution in [-0.4, -0.2) is 78.1 Å². The normalized spacial score (nSPS) is 18.6. The van der Waals surface area contributed by atoms with Crippen LogP contribution in [0.3, 0.4) is 0 Å². The van der Waals surface area contributed by atoms with Crippen molar-refractivity contribution in [1.29, 1.82) is 0 Å². The van der Waals surface area contributed by atoms with Crippen LogP contribution in [0.2, 0.25) is 0 Å². The summed E-state index contributed by atoms with van der Waals surface area (Å²) in [6.45, 7) is 5.33. The second kappa shape index (κ2) is 9.05. The summed E-state index contributed by atoms with van der Waals surface area (Å²) >= 11 is 0. The zero-order chi connectivity index (χ0) is 24.8. The highest BCUT2D eigenvalue weighted by Crippen LogP contribution is 2.38. The summed E-state index contributed by atoms with van der Waals surface area (Å²) in [4.78, 5) is 39.8. The molecule has 0 spiro atoms. The summed E-state index contributed by atoms with van der Waals surface area (Å²) in [7, 11) is 0. The minimum absolute atomic E-state index is 0.106. The smallest absolute Gasteiger partial charge is 0.341 e. The minimum atomic E-state index is -1.29. The van der Waals surface area contributed by atoms with Crippen molar-refractivity contribution in [3.8, 4) is 0 Å². The van der Waals surface area contributed by atoms with E-state index >= 15 is 4.39 Å². The molecule has 2 aromatic heterocycles. The molecule has 0 radical (unpaired) electrons. The molecule has 1 N–H and O–H groups in total. The molecule has 10 nitrogen and oxygen atoms in total. The molecule has 1 aliphatic carbocycles. The molecule has 1 aromatic carbocycles. The predicted octanol–water partition coefficient (Wildman–Crippen LogP) is 2.13. The van der Waals surface area contributed by atoms with Gasteiger partial charge in [-0.25, -0.2) is 14.2 Å². The van der Waals surface area contributed by atoms with E-state index in [2.05, 4.69) is 14.8 Å². The maximum atomic E-state index is 15.3. The molecule has 2 aliphatic heterocycles. The Morgan fingerprint density at radius 1 is 1.03 bits per heavy atom. The fourth-order valence-electron chi connectivity index (χ4n) is 5.02. The van der Waals surface area contributed by atoms with Gasteiger partial charge in [-0.1, -0.05) is 0 Å². The molecule has 3 aromatic rings. The molecular formula is C25H27FN6O4. The summed E-state index contributed by atoms with van der Waals surface area (Å²) in [5, 5.41) is 9.56. The number of hydrogen-bond acceptors (Lipinski definition) is 8. The number of pyridine rings is 1. The van der Waals surface area contributed by atoms with Gasteiger partial charge in [0, 0.05) is 63.1 Å². The van der Waals surface area contributed by atoms with Crippen LogP contribution in [0.1, 0.15) is 29.2 Å². The second-order valence-electron chi connectivity index (χ2n) is 9.42. The van der Waals surface area contributed by atoms with Crippen LogP contribution in [0.25, 0.3) is 10.9 Å². The molecule has 0 unspecified atom stereocenters. The first-order chi connectivity index (χ1) is 17.5. The fraction of sp³-hybridized carbons (Fsp3) is 0.440. The Bertz CT molecular complexity index is 1380. The fourth-order valence-corrected chi connectivity index (χ4v) is 5.02. The van der Waals surface area contributed by atoms with Gasteiger partial charge in [0.1, 0.15) is 17.2 Å². The van der Waals surface area contributed by atoms with Gasteiger partial charge in [0.05, 0.1) is 24.4 Å². The Morgan fingerprint density at radius 2 is 1.75 bits per heavy atom. The minimum Gasteiger partial charge on any atom is -0.477 e. The van der Waals surface area contributed by atoms with Crippen molar-refractivity contribution in [1.82, 2.24) is 14.5 Å². The molecule has 3 aliphatic rings. The maximum absolute atomic E-state index is 15.3.